The van der Waals surface area contributed by atoms with Crippen LogP contribution in [0.25, 0.3) is 23.1 Å². The molecule has 3 aromatic rings. The SMILES string of the molecule is COc1ccc(I)cc1C=Cc1ccc2ccccc2n1. The number of hydrogen-bond acceptors (Lipinski definition) is 2. The van der Waals surface area contributed by atoms with E-state index in [4.69, 9.17) is 4.74 Å². The fourth-order valence-corrected chi connectivity index (χ4v) is 2.70. The van der Waals surface area contributed by atoms with Gasteiger partial charge in [0.25, 0.3) is 0 Å². The van der Waals surface area contributed by atoms with Gasteiger partial charge in [-0.05, 0) is 65.1 Å². The van der Waals surface area contributed by atoms with Crippen LogP contribution in [0.15, 0.2) is 54.6 Å². The van der Waals surface area contributed by atoms with Gasteiger partial charge in [-0.15, -0.1) is 0 Å². The molecule has 0 aliphatic carbocycles. The molecular weight excluding hydrogens is 373 g/mol. The maximum atomic E-state index is 5.38. The molecule has 1 aromatic heterocycles. The van der Waals surface area contributed by atoms with E-state index >= 15 is 0 Å². The Bertz CT molecular complexity index is 811. The number of nitrogens with zero attached hydrogens (tertiary/aromatic N) is 1. The Morgan fingerprint density at radius 2 is 1.86 bits per heavy atom. The van der Waals surface area contributed by atoms with Crippen molar-refractivity contribution in [2.75, 3.05) is 7.11 Å². The lowest BCUT2D eigenvalue weighted by Crippen LogP contribution is -1.88. The molecule has 0 saturated heterocycles. The first-order chi connectivity index (χ1) is 10.3. The summed E-state index contributed by atoms with van der Waals surface area (Å²) in [7, 11) is 1.69. The first-order valence-corrected chi connectivity index (χ1v) is 7.71. The van der Waals surface area contributed by atoms with Crippen molar-refractivity contribution in [3.63, 3.8) is 0 Å². The predicted octanol–water partition coefficient (Wildman–Crippen LogP) is 5.02. The number of fused-ring (bicyclic) bond motifs is 1. The van der Waals surface area contributed by atoms with E-state index < -0.39 is 0 Å². The molecule has 0 saturated carbocycles. The van der Waals surface area contributed by atoms with E-state index in [1.165, 1.54) is 3.57 Å². The molecule has 3 rings (SSSR count). The van der Waals surface area contributed by atoms with Crippen LogP contribution in [0.4, 0.5) is 0 Å². The molecule has 0 fully saturated rings. The van der Waals surface area contributed by atoms with Crippen molar-refractivity contribution in [1.29, 1.82) is 0 Å². The third-order valence-corrected chi connectivity index (χ3v) is 3.92. The third kappa shape index (κ3) is 3.24. The number of halogens is 1. The summed E-state index contributed by atoms with van der Waals surface area (Å²) < 4.78 is 6.56. The van der Waals surface area contributed by atoms with Crippen LogP contribution < -0.4 is 4.74 Å². The van der Waals surface area contributed by atoms with Crippen molar-refractivity contribution >= 4 is 45.6 Å². The molecule has 104 valence electrons. The fourth-order valence-electron chi connectivity index (χ4n) is 2.19. The highest BCUT2D eigenvalue weighted by molar-refractivity contribution is 14.1. The van der Waals surface area contributed by atoms with E-state index in [9.17, 15) is 0 Å². The van der Waals surface area contributed by atoms with Crippen molar-refractivity contribution in [3.05, 3.63) is 69.4 Å². The number of pyridine rings is 1. The normalized spacial score (nSPS) is 11.1. The minimum absolute atomic E-state index is 0.868. The summed E-state index contributed by atoms with van der Waals surface area (Å²) in [6.45, 7) is 0. The number of hydrogen-bond donors (Lipinski definition) is 0. The van der Waals surface area contributed by atoms with Crippen LogP contribution in [0.5, 0.6) is 5.75 Å². The number of benzene rings is 2. The molecule has 1 heterocycles. The Morgan fingerprint density at radius 3 is 2.71 bits per heavy atom. The maximum absolute atomic E-state index is 5.38. The molecule has 0 aliphatic heterocycles. The molecule has 0 aliphatic rings. The van der Waals surface area contributed by atoms with Crippen LogP contribution in [-0.4, -0.2) is 12.1 Å². The Kier molecular flexibility index (Phi) is 4.20. The molecule has 0 atom stereocenters. The summed E-state index contributed by atoms with van der Waals surface area (Å²) in [6.07, 6.45) is 4.05. The summed E-state index contributed by atoms with van der Waals surface area (Å²) >= 11 is 2.30. The zero-order chi connectivity index (χ0) is 14.7. The molecule has 3 heteroatoms. The van der Waals surface area contributed by atoms with Gasteiger partial charge in [-0.1, -0.05) is 24.3 Å². The van der Waals surface area contributed by atoms with Gasteiger partial charge >= 0.3 is 0 Å². The molecule has 0 amide bonds. The van der Waals surface area contributed by atoms with E-state index in [2.05, 4.69) is 45.8 Å². The maximum Gasteiger partial charge on any atom is 0.126 e. The molecule has 0 radical (unpaired) electrons. The van der Waals surface area contributed by atoms with Gasteiger partial charge in [-0.3, -0.25) is 0 Å². The van der Waals surface area contributed by atoms with Crippen molar-refractivity contribution in [2.24, 2.45) is 0 Å². The lowest BCUT2D eigenvalue weighted by atomic mass is 10.1. The number of ether oxygens (including phenoxy) is 1. The van der Waals surface area contributed by atoms with Crippen LogP contribution in [0.3, 0.4) is 0 Å². The fraction of sp³-hybridized carbons (Fsp3) is 0.0556. The van der Waals surface area contributed by atoms with E-state index in [0.29, 0.717) is 0 Å². The number of aromatic nitrogens is 1. The van der Waals surface area contributed by atoms with Crippen LogP contribution in [-0.2, 0) is 0 Å². The van der Waals surface area contributed by atoms with Crippen molar-refractivity contribution in [2.45, 2.75) is 0 Å². The van der Waals surface area contributed by atoms with Crippen molar-refractivity contribution in [3.8, 4) is 5.75 Å². The van der Waals surface area contributed by atoms with Crippen molar-refractivity contribution in [1.82, 2.24) is 4.98 Å². The Labute approximate surface area is 137 Å². The second-order valence-electron chi connectivity index (χ2n) is 4.65. The highest BCUT2D eigenvalue weighted by Gasteiger charge is 2.00. The second kappa shape index (κ2) is 6.26. The Balaban J connectivity index is 1.96. The van der Waals surface area contributed by atoms with Crippen LogP contribution in [0.2, 0.25) is 0 Å². The topological polar surface area (TPSA) is 22.1 Å². The molecule has 0 unspecified atom stereocenters. The predicted molar refractivity (Wildman–Crippen MR) is 96.4 cm³/mol. The van der Waals surface area contributed by atoms with Crippen LogP contribution in [0, 0.1) is 3.57 Å². The highest BCUT2D eigenvalue weighted by atomic mass is 127. The second-order valence-corrected chi connectivity index (χ2v) is 5.89. The minimum atomic E-state index is 0.868. The quantitative estimate of drug-likeness (QED) is 0.589. The van der Waals surface area contributed by atoms with Gasteiger partial charge in [0.1, 0.15) is 5.75 Å². The molecule has 0 bridgehead atoms. The molecular formula is C18H14INO. The molecule has 2 aromatic carbocycles. The highest BCUT2D eigenvalue weighted by Crippen LogP contribution is 2.23. The lowest BCUT2D eigenvalue weighted by Gasteiger charge is -2.05. The van der Waals surface area contributed by atoms with Gasteiger partial charge in [-0.25, -0.2) is 4.98 Å². The summed E-state index contributed by atoms with van der Waals surface area (Å²) in [5, 5.41) is 1.15. The standard InChI is InChI=1S/C18H14INO/c1-21-18-11-8-15(19)12-14(18)7-10-16-9-6-13-4-2-3-5-17(13)20-16/h2-12H,1H3. The van der Waals surface area contributed by atoms with Gasteiger partial charge in [0.15, 0.2) is 0 Å². The summed E-state index contributed by atoms with van der Waals surface area (Å²) in [5.41, 5.74) is 3.00. The summed E-state index contributed by atoms with van der Waals surface area (Å²) in [6, 6.07) is 18.4. The molecule has 21 heavy (non-hydrogen) atoms. The smallest absolute Gasteiger partial charge is 0.126 e. The largest absolute Gasteiger partial charge is 0.496 e. The zero-order valence-electron chi connectivity index (χ0n) is 11.6. The van der Waals surface area contributed by atoms with Crippen LogP contribution in [0.1, 0.15) is 11.3 Å². The molecule has 0 spiro atoms. The van der Waals surface area contributed by atoms with Gasteiger partial charge in [0.2, 0.25) is 0 Å². The number of para-hydroxylation sites is 1. The van der Waals surface area contributed by atoms with E-state index in [1.54, 1.807) is 7.11 Å². The Hall–Kier alpha value is -1.88. The van der Waals surface area contributed by atoms with Gasteiger partial charge in [0.05, 0.1) is 18.3 Å². The van der Waals surface area contributed by atoms with Crippen molar-refractivity contribution < 1.29 is 4.74 Å². The van der Waals surface area contributed by atoms with Gasteiger partial charge in [-0.2, -0.15) is 0 Å². The van der Waals surface area contributed by atoms with E-state index in [0.717, 1.165) is 27.9 Å². The van der Waals surface area contributed by atoms with E-state index in [1.807, 2.05) is 48.6 Å². The zero-order valence-corrected chi connectivity index (χ0v) is 13.7. The minimum Gasteiger partial charge on any atom is -0.496 e. The number of methoxy groups -OCH3 is 1. The van der Waals surface area contributed by atoms with Crippen LogP contribution >= 0.6 is 22.6 Å². The Morgan fingerprint density at radius 1 is 1.00 bits per heavy atom. The first kappa shape index (κ1) is 14.1. The molecule has 2 nitrogen and oxygen atoms in total. The average molecular weight is 387 g/mol. The lowest BCUT2D eigenvalue weighted by molar-refractivity contribution is 0.414. The van der Waals surface area contributed by atoms with E-state index in [-0.39, 0.29) is 0 Å². The summed E-state index contributed by atoms with van der Waals surface area (Å²) in [4.78, 5) is 4.64. The average Bonchev–Trinajstić information content (AvgIpc) is 2.53. The van der Waals surface area contributed by atoms with Gasteiger partial charge in [0, 0.05) is 14.5 Å². The van der Waals surface area contributed by atoms with Gasteiger partial charge < -0.3 is 4.74 Å². The monoisotopic (exact) mass is 387 g/mol. The number of rotatable bonds is 3. The first-order valence-electron chi connectivity index (χ1n) is 6.64. The summed E-state index contributed by atoms with van der Waals surface area (Å²) in [5.74, 6) is 0.868. The third-order valence-electron chi connectivity index (χ3n) is 3.25. The molecule has 0 N–H and O–H groups in total.